The molecule has 4 nitrogen and oxygen atoms in total. The average molecular weight is 699 g/mol. The summed E-state index contributed by atoms with van der Waals surface area (Å²) in [5.41, 5.74) is 15.0. The highest BCUT2D eigenvalue weighted by Gasteiger charge is 2.52. The van der Waals surface area contributed by atoms with E-state index in [4.69, 9.17) is 15.0 Å². The first-order valence-electron chi connectivity index (χ1n) is 18.5. The molecule has 11 rings (SSSR count). The van der Waals surface area contributed by atoms with Crippen molar-refractivity contribution in [3.63, 3.8) is 0 Å². The third-order valence-corrected chi connectivity index (χ3v) is 11.4. The molecule has 0 aliphatic heterocycles. The molecule has 1 heterocycles. The lowest BCUT2D eigenvalue weighted by Crippen LogP contribution is -2.26. The van der Waals surface area contributed by atoms with Gasteiger partial charge in [-0.2, -0.15) is 5.26 Å². The Morgan fingerprint density at radius 2 is 0.873 bits per heavy atom. The van der Waals surface area contributed by atoms with Crippen LogP contribution in [0.1, 0.15) is 27.8 Å². The van der Waals surface area contributed by atoms with Crippen LogP contribution < -0.4 is 0 Å². The summed E-state index contributed by atoms with van der Waals surface area (Å²) in [5.74, 6) is 1.90. The zero-order valence-corrected chi connectivity index (χ0v) is 29.6. The van der Waals surface area contributed by atoms with Crippen LogP contribution in [0.2, 0.25) is 0 Å². The van der Waals surface area contributed by atoms with Crippen molar-refractivity contribution in [1.82, 2.24) is 15.0 Å². The summed E-state index contributed by atoms with van der Waals surface area (Å²) in [6.45, 7) is 0. The first kappa shape index (κ1) is 31.1. The highest BCUT2D eigenvalue weighted by Crippen LogP contribution is 2.64. The van der Waals surface area contributed by atoms with E-state index in [-0.39, 0.29) is 0 Å². The van der Waals surface area contributed by atoms with E-state index in [1.54, 1.807) is 0 Å². The Hall–Kier alpha value is -7.48. The topological polar surface area (TPSA) is 62.5 Å². The van der Waals surface area contributed by atoms with Crippen LogP contribution in [-0.2, 0) is 5.41 Å². The Kier molecular flexibility index (Phi) is 6.80. The highest BCUT2D eigenvalue weighted by molar-refractivity contribution is 6.11. The summed E-state index contributed by atoms with van der Waals surface area (Å²) in [5, 5.41) is 12.0. The van der Waals surface area contributed by atoms with Gasteiger partial charge in [0.25, 0.3) is 0 Å². The smallest absolute Gasteiger partial charge is 0.164 e. The quantitative estimate of drug-likeness (QED) is 0.184. The van der Waals surface area contributed by atoms with Gasteiger partial charge in [-0.25, -0.2) is 15.0 Å². The van der Waals surface area contributed by atoms with Crippen LogP contribution in [0.4, 0.5) is 0 Å². The second-order valence-corrected chi connectivity index (χ2v) is 14.2. The number of fused-ring (bicyclic) bond motifs is 12. The minimum Gasteiger partial charge on any atom is -0.208 e. The molecule has 0 fully saturated rings. The largest absolute Gasteiger partial charge is 0.208 e. The van der Waals surface area contributed by atoms with Crippen molar-refractivity contribution in [1.29, 1.82) is 5.26 Å². The maximum Gasteiger partial charge on any atom is 0.164 e. The molecule has 4 heteroatoms. The lowest BCUT2D eigenvalue weighted by molar-refractivity contribution is 0.795. The average Bonchev–Trinajstić information content (AvgIpc) is 3.73. The number of rotatable bonds is 4. The molecular weight excluding hydrogens is 669 g/mol. The standard InChI is InChI=1S/C51H30N4/c52-31-32-23-25-33(26-24-32)42-30-46-47(40-20-8-7-17-37(40)42)41-28-27-36(29-45(41)51(46)43-21-11-9-18-38(43)39-19-10-12-22-44(39)51)50-54-48(34-13-3-1-4-14-34)53-49(55-50)35-15-5-2-6-16-35/h1-30H. The number of hydrogen-bond acceptors (Lipinski definition) is 4. The third-order valence-electron chi connectivity index (χ3n) is 11.4. The lowest BCUT2D eigenvalue weighted by Gasteiger charge is -2.31. The summed E-state index contributed by atoms with van der Waals surface area (Å²) >= 11 is 0. The molecule has 0 saturated carbocycles. The SMILES string of the molecule is N#Cc1ccc(-c2cc3c(c4ccccc24)-c2ccc(-c4nc(-c5ccccc5)nc(-c5ccccc5)n4)cc2C32c3ccccc3-c3ccccc32)cc1. The van der Waals surface area contributed by atoms with Gasteiger partial charge in [0.2, 0.25) is 0 Å². The van der Waals surface area contributed by atoms with Crippen LogP contribution in [-0.4, -0.2) is 15.0 Å². The summed E-state index contributed by atoms with van der Waals surface area (Å²) in [4.78, 5) is 15.3. The summed E-state index contributed by atoms with van der Waals surface area (Å²) in [6, 6.07) is 66.2. The van der Waals surface area contributed by atoms with Crippen molar-refractivity contribution < 1.29 is 0 Å². The van der Waals surface area contributed by atoms with Gasteiger partial charge in [-0.15, -0.1) is 0 Å². The van der Waals surface area contributed by atoms with E-state index in [2.05, 4.69) is 115 Å². The second-order valence-electron chi connectivity index (χ2n) is 14.2. The number of aromatic nitrogens is 3. The highest BCUT2D eigenvalue weighted by atomic mass is 15.0. The van der Waals surface area contributed by atoms with Crippen molar-refractivity contribution in [2.45, 2.75) is 5.41 Å². The number of nitriles is 1. The van der Waals surface area contributed by atoms with E-state index in [9.17, 15) is 5.26 Å². The fraction of sp³-hybridized carbons (Fsp3) is 0.0196. The maximum absolute atomic E-state index is 9.61. The lowest BCUT2D eigenvalue weighted by atomic mass is 9.69. The van der Waals surface area contributed by atoms with Gasteiger partial charge >= 0.3 is 0 Å². The first-order chi connectivity index (χ1) is 27.2. The molecule has 55 heavy (non-hydrogen) atoms. The predicted octanol–water partition coefficient (Wildman–Crippen LogP) is 11.9. The van der Waals surface area contributed by atoms with Crippen molar-refractivity contribution in [3.8, 4) is 73.6 Å². The van der Waals surface area contributed by atoms with Crippen molar-refractivity contribution >= 4 is 10.8 Å². The van der Waals surface area contributed by atoms with Crippen LogP contribution in [0.5, 0.6) is 0 Å². The normalized spacial score (nSPS) is 12.9. The molecule has 0 atom stereocenters. The molecule has 0 saturated heterocycles. The van der Waals surface area contributed by atoms with Crippen molar-refractivity contribution in [2.24, 2.45) is 0 Å². The van der Waals surface area contributed by atoms with E-state index in [1.165, 1.54) is 55.3 Å². The Labute approximate surface area is 318 Å². The first-order valence-corrected chi connectivity index (χ1v) is 18.5. The number of hydrogen-bond donors (Lipinski definition) is 0. The molecule has 0 N–H and O–H groups in total. The molecule has 8 aromatic carbocycles. The maximum atomic E-state index is 9.61. The summed E-state index contributed by atoms with van der Waals surface area (Å²) in [6.07, 6.45) is 0. The molecule has 0 amide bonds. The molecule has 1 spiro atoms. The minimum absolute atomic E-state index is 0.600. The predicted molar refractivity (Wildman–Crippen MR) is 220 cm³/mol. The van der Waals surface area contributed by atoms with Crippen LogP contribution in [0, 0.1) is 11.3 Å². The fourth-order valence-corrected chi connectivity index (χ4v) is 9.03. The van der Waals surface area contributed by atoms with Gasteiger partial charge in [0, 0.05) is 16.7 Å². The molecule has 1 aromatic heterocycles. The van der Waals surface area contributed by atoms with E-state index >= 15 is 0 Å². The molecule has 9 aromatic rings. The molecule has 254 valence electrons. The van der Waals surface area contributed by atoms with Crippen LogP contribution >= 0.6 is 0 Å². The monoisotopic (exact) mass is 698 g/mol. The van der Waals surface area contributed by atoms with Crippen LogP contribution in [0.25, 0.3) is 78.3 Å². The second kappa shape index (κ2) is 12.0. The molecule has 2 aliphatic rings. The number of nitrogens with zero attached hydrogens (tertiary/aromatic N) is 4. The van der Waals surface area contributed by atoms with Crippen molar-refractivity contribution in [2.75, 3.05) is 0 Å². The van der Waals surface area contributed by atoms with E-state index in [0.29, 0.717) is 23.0 Å². The Balaban J connectivity index is 1.23. The van der Waals surface area contributed by atoms with Crippen LogP contribution in [0.15, 0.2) is 182 Å². The van der Waals surface area contributed by atoms with E-state index in [1.807, 2.05) is 72.8 Å². The van der Waals surface area contributed by atoms with Crippen molar-refractivity contribution in [3.05, 3.63) is 210 Å². The minimum atomic E-state index is -0.600. The molecular formula is C51H30N4. The van der Waals surface area contributed by atoms with E-state index < -0.39 is 5.41 Å². The van der Waals surface area contributed by atoms with Gasteiger partial charge in [0.1, 0.15) is 0 Å². The summed E-state index contributed by atoms with van der Waals surface area (Å²) < 4.78 is 0. The van der Waals surface area contributed by atoms with Gasteiger partial charge in [-0.3, -0.25) is 0 Å². The third kappa shape index (κ3) is 4.54. The van der Waals surface area contributed by atoms with Crippen LogP contribution in [0.3, 0.4) is 0 Å². The van der Waals surface area contributed by atoms with Gasteiger partial charge in [0.05, 0.1) is 17.0 Å². The van der Waals surface area contributed by atoms with Gasteiger partial charge in [0.15, 0.2) is 17.5 Å². The van der Waals surface area contributed by atoms with Gasteiger partial charge < -0.3 is 0 Å². The molecule has 0 radical (unpaired) electrons. The zero-order valence-electron chi connectivity index (χ0n) is 29.6. The van der Waals surface area contributed by atoms with Gasteiger partial charge in [-0.1, -0.05) is 158 Å². The molecule has 0 unspecified atom stereocenters. The Morgan fingerprint density at radius 3 is 1.47 bits per heavy atom. The molecule has 0 bridgehead atoms. The zero-order chi connectivity index (χ0) is 36.5. The van der Waals surface area contributed by atoms with E-state index in [0.717, 1.165) is 27.8 Å². The summed E-state index contributed by atoms with van der Waals surface area (Å²) in [7, 11) is 0. The Morgan fingerprint density at radius 1 is 0.364 bits per heavy atom. The molecule has 2 aliphatic carbocycles. The van der Waals surface area contributed by atoms with Gasteiger partial charge in [-0.05, 0) is 90.7 Å². The Bertz CT molecular complexity index is 2930. The number of benzene rings is 8. The fourth-order valence-electron chi connectivity index (χ4n) is 9.03.